The standard InChI is InChI=1S/C23H24N4O4/c24-22(30)15-11-9-14(10-12-15)13-27-18-7-3-1-5-16(18)21(29)20(26-27)23(31)25-17-6-2-4-8-19(17)28/h1,3,5,7,9-12,17,19,28H,2,4,6,8,13H2,(H2,24,30)(H,25,31)/t17?,19-/m0/s1. The molecule has 0 spiro atoms. The third-order valence-electron chi connectivity index (χ3n) is 5.69. The van der Waals surface area contributed by atoms with Gasteiger partial charge in [0.25, 0.3) is 5.91 Å². The Morgan fingerprint density at radius 2 is 1.81 bits per heavy atom. The Labute approximate surface area is 178 Å². The van der Waals surface area contributed by atoms with Crippen LogP contribution in [-0.2, 0) is 6.54 Å². The average Bonchev–Trinajstić information content (AvgIpc) is 2.77. The lowest BCUT2D eigenvalue weighted by Gasteiger charge is -2.28. The number of nitrogens with zero attached hydrogens (tertiary/aromatic N) is 2. The van der Waals surface area contributed by atoms with Crippen LogP contribution < -0.4 is 16.5 Å². The Kier molecular flexibility index (Phi) is 5.81. The van der Waals surface area contributed by atoms with E-state index in [1.165, 1.54) is 0 Å². The van der Waals surface area contributed by atoms with E-state index >= 15 is 0 Å². The fraction of sp³-hybridized carbons (Fsp3) is 0.304. The van der Waals surface area contributed by atoms with Crippen molar-refractivity contribution in [1.82, 2.24) is 15.1 Å². The van der Waals surface area contributed by atoms with Crippen molar-refractivity contribution in [3.05, 3.63) is 75.6 Å². The van der Waals surface area contributed by atoms with Gasteiger partial charge >= 0.3 is 0 Å². The first-order valence-corrected chi connectivity index (χ1v) is 10.3. The van der Waals surface area contributed by atoms with E-state index in [1.54, 1.807) is 53.2 Å². The lowest BCUT2D eigenvalue weighted by Crippen LogP contribution is -2.46. The summed E-state index contributed by atoms with van der Waals surface area (Å²) in [4.78, 5) is 37.2. The molecule has 0 radical (unpaired) electrons. The Bertz CT molecular complexity index is 1190. The normalized spacial score (nSPS) is 18.6. The molecule has 160 valence electrons. The number of para-hydroxylation sites is 1. The molecular weight excluding hydrogens is 396 g/mol. The number of carbonyl (C=O) groups is 2. The molecule has 4 rings (SSSR count). The SMILES string of the molecule is NC(=O)c1ccc(Cn2nc(C(=O)NC3CCCC[C@@H]3O)c(=O)c3ccccc32)cc1. The molecule has 1 aromatic heterocycles. The maximum absolute atomic E-state index is 13.0. The first-order chi connectivity index (χ1) is 14.9. The predicted octanol–water partition coefficient (Wildman–Crippen LogP) is 1.58. The van der Waals surface area contributed by atoms with Crippen LogP contribution in [-0.4, -0.2) is 38.8 Å². The molecule has 1 fully saturated rings. The summed E-state index contributed by atoms with van der Waals surface area (Å²) in [6.07, 6.45) is 2.51. The highest BCUT2D eigenvalue weighted by atomic mass is 16.3. The van der Waals surface area contributed by atoms with Gasteiger partial charge < -0.3 is 16.2 Å². The van der Waals surface area contributed by atoms with E-state index in [0.717, 1.165) is 18.4 Å². The molecule has 0 saturated heterocycles. The zero-order valence-electron chi connectivity index (χ0n) is 17.0. The van der Waals surface area contributed by atoms with Crippen molar-refractivity contribution >= 4 is 22.7 Å². The van der Waals surface area contributed by atoms with Gasteiger partial charge in [0.1, 0.15) is 0 Å². The second-order valence-electron chi connectivity index (χ2n) is 7.85. The number of primary amides is 1. The number of fused-ring (bicyclic) bond motifs is 1. The summed E-state index contributed by atoms with van der Waals surface area (Å²) in [6.45, 7) is 0.298. The van der Waals surface area contributed by atoms with Crippen LogP contribution in [0, 0.1) is 0 Å². The van der Waals surface area contributed by atoms with Gasteiger partial charge in [-0.3, -0.25) is 19.1 Å². The number of aliphatic hydroxyl groups excluding tert-OH is 1. The van der Waals surface area contributed by atoms with E-state index in [9.17, 15) is 19.5 Å². The minimum Gasteiger partial charge on any atom is -0.391 e. The number of nitrogens with one attached hydrogen (secondary N) is 1. The number of nitrogens with two attached hydrogens (primary N) is 1. The maximum Gasteiger partial charge on any atom is 0.276 e. The summed E-state index contributed by atoms with van der Waals surface area (Å²) in [5.41, 5.74) is 6.47. The third-order valence-corrected chi connectivity index (χ3v) is 5.69. The average molecular weight is 420 g/mol. The van der Waals surface area contributed by atoms with Crippen molar-refractivity contribution in [3.8, 4) is 0 Å². The molecule has 1 aliphatic rings. The summed E-state index contributed by atoms with van der Waals surface area (Å²) in [5.74, 6) is -1.10. The van der Waals surface area contributed by atoms with E-state index in [-0.39, 0.29) is 11.7 Å². The quantitative estimate of drug-likeness (QED) is 0.577. The van der Waals surface area contributed by atoms with Crippen LogP contribution >= 0.6 is 0 Å². The molecule has 1 heterocycles. The van der Waals surface area contributed by atoms with Gasteiger partial charge in [-0.05, 0) is 42.7 Å². The lowest BCUT2D eigenvalue weighted by atomic mass is 9.92. The van der Waals surface area contributed by atoms with Gasteiger partial charge in [-0.2, -0.15) is 5.10 Å². The Balaban J connectivity index is 1.70. The van der Waals surface area contributed by atoms with E-state index in [0.29, 0.717) is 35.9 Å². The minimum absolute atomic E-state index is 0.203. The van der Waals surface area contributed by atoms with Crippen molar-refractivity contribution in [2.24, 2.45) is 5.73 Å². The Morgan fingerprint density at radius 3 is 2.52 bits per heavy atom. The molecule has 0 bridgehead atoms. The van der Waals surface area contributed by atoms with Crippen molar-refractivity contribution in [3.63, 3.8) is 0 Å². The highest BCUT2D eigenvalue weighted by Gasteiger charge is 2.27. The topological polar surface area (TPSA) is 127 Å². The maximum atomic E-state index is 13.0. The number of amides is 2. The van der Waals surface area contributed by atoms with Gasteiger partial charge in [0.15, 0.2) is 5.69 Å². The van der Waals surface area contributed by atoms with Crippen LogP contribution in [0.25, 0.3) is 10.9 Å². The van der Waals surface area contributed by atoms with E-state index in [1.807, 2.05) is 0 Å². The zero-order valence-corrected chi connectivity index (χ0v) is 17.0. The van der Waals surface area contributed by atoms with Crippen LogP contribution in [0.5, 0.6) is 0 Å². The number of aromatic nitrogens is 2. The van der Waals surface area contributed by atoms with Gasteiger partial charge in [0.2, 0.25) is 11.3 Å². The fourth-order valence-corrected chi connectivity index (χ4v) is 3.97. The van der Waals surface area contributed by atoms with Gasteiger partial charge in [-0.1, -0.05) is 37.1 Å². The molecule has 2 amide bonds. The zero-order chi connectivity index (χ0) is 22.0. The van der Waals surface area contributed by atoms with Gasteiger partial charge in [0.05, 0.1) is 24.2 Å². The lowest BCUT2D eigenvalue weighted by molar-refractivity contribution is 0.0711. The molecule has 4 N–H and O–H groups in total. The number of hydrogen-bond donors (Lipinski definition) is 3. The summed E-state index contributed by atoms with van der Waals surface area (Å²) < 4.78 is 1.60. The van der Waals surface area contributed by atoms with E-state index < -0.39 is 23.3 Å². The fourth-order valence-electron chi connectivity index (χ4n) is 3.97. The highest BCUT2D eigenvalue weighted by molar-refractivity contribution is 5.95. The van der Waals surface area contributed by atoms with Gasteiger partial charge in [-0.25, -0.2) is 0 Å². The van der Waals surface area contributed by atoms with Crippen LogP contribution in [0.3, 0.4) is 0 Å². The first kappa shape index (κ1) is 20.7. The number of benzene rings is 2. The summed E-state index contributed by atoms with van der Waals surface area (Å²) in [5, 5.41) is 17.7. The minimum atomic E-state index is -0.621. The van der Waals surface area contributed by atoms with E-state index in [4.69, 9.17) is 5.73 Å². The van der Waals surface area contributed by atoms with Crippen LogP contribution in [0.15, 0.2) is 53.3 Å². The summed E-state index contributed by atoms with van der Waals surface area (Å²) in [6, 6.07) is 13.4. The second kappa shape index (κ2) is 8.69. The van der Waals surface area contributed by atoms with Crippen molar-refractivity contribution < 1.29 is 14.7 Å². The van der Waals surface area contributed by atoms with Crippen molar-refractivity contribution in [2.45, 2.75) is 44.4 Å². The molecule has 8 nitrogen and oxygen atoms in total. The molecule has 3 aromatic rings. The van der Waals surface area contributed by atoms with E-state index in [2.05, 4.69) is 10.4 Å². The molecule has 2 aromatic carbocycles. The van der Waals surface area contributed by atoms with Crippen LogP contribution in [0.2, 0.25) is 0 Å². The molecule has 8 heteroatoms. The van der Waals surface area contributed by atoms with Crippen LogP contribution in [0.1, 0.15) is 52.1 Å². The van der Waals surface area contributed by atoms with Gasteiger partial charge in [-0.15, -0.1) is 0 Å². The first-order valence-electron chi connectivity index (χ1n) is 10.3. The molecule has 1 unspecified atom stereocenters. The molecule has 31 heavy (non-hydrogen) atoms. The van der Waals surface area contributed by atoms with Crippen molar-refractivity contribution in [1.29, 1.82) is 0 Å². The smallest absolute Gasteiger partial charge is 0.276 e. The molecule has 1 aliphatic carbocycles. The second-order valence-corrected chi connectivity index (χ2v) is 7.85. The Morgan fingerprint density at radius 1 is 1.10 bits per heavy atom. The summed E-state index contributed by atoms with van der Waals surface area (Å²) in [7, 11) is 0. The molecule has 1 saturated carbocycles. The van der Waals surface area contributed by atoms with Crippen LogP contribution in [0.4, 0.5) is 0 Å². The monoisotopic (exact) mass is 420 g/mol. The molecule has 2 atom stereocenters. The molecule has 0 aliphatic heterocycles. The largest absolute Gasteiger partial charge is 0.391 e. The predicted molar refractivity (Wildman–Crippen MR) is 116 cm³/mol. The Hall–Kier alpha value is -3.52. The third kappa shape index (κ3) is 4.34. The van der Waals surface area contributed by atoms with Gasteiger partial charge in [0, 0.05) is 10.9 Å². The summed E-state index contributed by atoms with van der Waals surface area (Å²) >= 11 is 0. The number of carbonyl (C=O) groups excluding carboxylic acids is 2. The molecular formula is C23H24N4O4. The number of rotatable bonds is 5. The number of aliphatic hydroxyl groups is 1. The van der Waals surface area contributed by atoms with Crippen molar-refractivity contribution in [2.75, 3.05) is 0 Å². The highest BCUT2D eigenvalue weighted by Crippen LogP contribution is 2.19. The number of hydrogen-bond acceptors (Lipinski definition) is 5.